The summed E-state index contributed by atoms with van der Waals surface area (Å²) in [5.41, 5.74) is 2.27. The summed E-state index contributed by atoms with van der Waals surface area (Å²) < 4.78 is 0.365. The topological polar surface area (TPSA) is 40.7 Å². The molecular weight excluding hydrogens is 254 g/mol. The lowest BCUT2D eigenvalue weighted by molar-refractivity contribution is 0.495. The first-order chi connectivity index (χ1) is 9.24. The van der Waals surface area contributed by atoms with Gasteiger partial charge in [-0.3, -0.25) is 0 Å². The van der Waals surface area contributed by atoms with Crippen LogP contribution < -0.4 is 5.32 Å². The van der Waals surface area contributed by atoms with Crippen molar-refractivity contribution in [2.45, 2.75) is 38.0 Å². The monoisotopic (exact) mass is 277 g/mol. The van der Waals surface area contributed by atoms with Crippen LogP contribution >= 0.6 is 11.8 Å². The maximum atomic E-state index is 4.32. The Hall–Kier alpha value is -1.00. The van der Waals surface area contributed by atoms with Gasteiger partial charge in [-0.05, 0) is 36.8 Å². The number of aromatic nitrogens is 2. The molecule has 0 fully saturated rings. The van der Waals surface area contributed by atoms with Crippen LogP contribution in [0.2, 0.25) is 0 Å². The van der Waals surface area contributed by atoms with E-state index in [2.05, 4.69) is 47.7 Å². The normalized spacial score (nSPS) is 12.2. The second-order valence-electron chi connectivity index (χ2n) is 4.91. The highest BCUT2D eigenvalue weighted by atomic mass is 32.2. The molecule has 0 saturated carbocycles. The third-order valence-corrected chi connectivity index (χ3v) is 5.61. The third kappa shape index (κ3) is 3.12. The number of pyridine rings is 1. The SMILES string of the molecule is CCC(CC)(CNCc1c[nH]c2ncccc12)SC. The van der Waals surface area contributed by atoms with Gasteiger partial charge in [0, 0.05) is 35.6 Å². The Bertz CT molecular complexity index is 509. The van der Waals surface area contributed by atoms with Crippen LogP contribution in [0.25, 0.3) is 11.0 Å². The van der Waals surface area contributed by atoms with E-state index >= 15 is 0 Å². The Balaban J connectivity index is 1.99. The average Bonchev–Trinajstić information content (AvgIpc) is 2.88. The molecule has 4 heteroatoms. The fourth-order valence-electron chi connectivity index (χ4n) is 2.44. The van der Waals surface area contributed by atoms with Crippen LogP contribution in [-0.2, 0) is 6.54 Å². The van der Waals surface area contributed by atoms with E-state index in [0.717, 1.165) is 18.7 Å². The molecule has 104 valence electrons. The molecule has 0 spiro atoms. The molecule has 0 aliphatic heterocycles. The minimum Gasteiger partial charge on any atom is -0.346 e. The Morgan fingerprint density at radius 1 is 1.37 bits per heavy atom. The summed E-state index contributed by atoms with van der Waals surface area (Å²) in [6.07, 6.45) is 8.50. The number of hydrogen-bond acceptors (Lipinski definition) is 3. The van der Waals surface area contributed by atoms with Gasteiger partial charge in [0.15, 0.2) is 0 Å². The van der Waals surface area contributed by atoms with Gasteiger partial charge in [0.2, 0.25) is 0 Å². The van der Waals surface area contributed by atoms with Crippen molar-refractivity contribution in [1.29, 1.82) is 0 Å². The van der Waals surface area contributed by atoms with Crippen molar-refractivity contribution in [3.63, 3.8) is 0 Å². The van der Waals surface area contributed by atoms with Crippen LogP contribution in [-0.4, -0.2) is 27.5 Å². The summed E-state index contributed by atoms with van der Waals surface area (Å²) in [5.74, 6) is 0. The van der Waals surface area contributed by atoms with E-state index in [1.807, 2.05) is 24.0 Å². The molecule has 0 aromatic carbocycles. The Morgan fingerprint density at radius 2 is 2.16 bits per heavy atom. The second kappa shape index (κ2) is 6.44. The zero-order chi connectivity index (χ0) is 13.7. The molecule has 2 aromatic rings. The van der Waals surface area contributed by atoms with Gasteiger partial charge >= 0.3 is 0 Å². The molecular formula is C15H23N3S. The molecule has 0 saturated heterocycles. The fourth-order valence-corrected chi connectivity index (χ4v) is 3.27. The van der Waals surface area contributed by atoms with Gasteiger partial charge < -0.3 is 10.3 Å². The first kappa shape index (κ1) is 14.4. The highest BCUT2D eigenvalue weighted by Crippen LogP contribution is 2.29. The van der Waals surface area contributed by atoms with Gasteiger partial charge in [0.05, 0.1) is 0 Å². The minimum absolute atomic E-state index is 0.365. The van der Waals surface area contributed by atoms with Crippen LogP contribution in [0.4, 0.5) is 0 Å². The molecule has 19 heavy (non-hydrogen) atoms. The lowest BCUT2D eigenvalue weighted by Gasteiger charge is -2.30. The molecule has 0 amide bonds. The highest BCUT2D eigenvalue weighted by Gasteiger charge is 2.24. The number of nitrogens with one attached hydrogen (secondary N) is 2. The molecule has 0 unspecified atom stereocenters. The van der Waals surface area contributed by atoms with Crippen molar-refractivity contribution in [2.75, 3.05) is 12.8 Å². The minimum atomic E-state index is 0.365. The number of nitrogens with zero attached hydrogens (tertiary/aromatic N) is 1. The molecule has 2 rings (SSSR count). The van der Waals surface area contributed by atoms with E-state index in [9.17, 15) is 0 Å². The molecule has 2 aromatic heterocycles. The lowest BCUT2D eigenvalue weighted by Crippen LogP contribution is -2.36. The number of fused-ring (bicyclic) bond motifs is 1. The molecule has 0 aliphatic carbocycles. The van der Waals surface area contributed by atoms with Crippen LogP contribution in [0, 0.1) is 0 Å². The predicted molar refractivity (Wildman–Crippen MR) is 84.6 cm³/mol. The molecule has 0 atom stereocenters. The van der Waals surface area contributed by atoms with Crippen molar-refractivity contribution < 1.29 is 0 Å². The average molecular weight is 277 g/mol. The van der Waals surface area contributed by atoms with Crippen molar-refractivity contribution in [1.82, 2.24) is 15.3 Å². The van der Waals surface area contributed by atoms with Crippen LogP contribution in [0.5, 0.6) is 0 Å². The first-order valence-electron chi connectivity index (χ1n) is 6.91. The van der Waals surface area contributed by atoms with Crippen LogP contribution in [0.3, 0.4) is 0 Å². The van der Waals surface area contributed by atoms with Crippen LogP contribution in [0.1, 0.15) is 32.3 Å². The van der Waals surface area contributed by atoms with Crippen LogP contribution in [0.15, 0.2) is 24.5 Å². The second-order valence-corrected chi connectivity index (χ2v) is 6.19. The van der Waals surface area contributed by atoms with Gasteiger partial charge in [0.25, 0.3) is 0 Å². The smallest absolute Gasteiger partial charge is 0.137 e. The molecule has 0 bridgehead atoms. The number of aromatic amines is 1. The standard InChI is InChI=1S/C15H23N3S/c1-4-15(5-2,19-3)11-16-9-12-10-18-14-13(12)7-6-8-17-14/h6-8,10,16H,4-5,9,11H2,1-3H3,(H,17,18). The summed E-state index contributed by atoms with van der Waals surface area (Å²) in [6, 6.07) is 4.11. The van der Waals surface area contributed by atoms with Crippen molar-refractivity contribution >= 4 is 22.8 Å². The fraction of sp³-hybridized carbons (Fsp3) is 0.533. The molecule has 2 heterocycles. The number of thioether (sulfide) groups is 1. The van der Waals surface area contributed by atoms with Gasteiger partial charge in [-0.15, -0.1) is 0 Å². The van der Waals surface area contributed by atoms with E-state index in [-0.39, 0.29) is 0 Å². The quantitative estimate of drug-likeness (QED) is 0.813. The number of hydrogen-bond donors (Lipinski definition) is 2. The van der Waals surface area contributed by atoms with E-state index < -0.39 is 0 Å². The summed E-state index contributed by atoms with van der Waals surface area (Å²) in [4.78, 5) is 7.54. The third-order valence-electron chi connectivity index (χ3n) is 4.02. The summed E-state index contributed by atoms with van der Waals surface area (Å²) >= 11 is 1.98. The summed E-state index contributed by atoms with van der Waals surface area (Å²) in [6.45, 7) is 6.50. The van der Waals surface area contributed by atoms with Gasteiger partial charge in [0.1, 0.15) is 5.65 Å². The summed E-state index contributed by atoms with van der Waals surface area (Å²) in [7, 11) is 0. The lowest BCUT2D eigenvalue weighted by atomic mass is 10.0. The highest BCUT2D eigenvalue weighted by molar-refractivity contribution is 8.00. The van der Waals surface area contributed by atoms with Crippen molar-refractivity contribution in [2.24, 2.45) is 0 Å². The van der Waals surface area contributed by atoms with Gasteiger partial charge in [-0.1, -0.05) is 13.8 Å². The number of H-pyrrole nitrogens is 1. The maximum Gasteiger partial charge on any atom is 0.137 e. The molecule has 0 radical (unpaired) electrons. The van der Waals surface area contributed by atoms with Gasteiger partial charge in [-0.25, -0.2) is 4.98 Å². The Kier molecular flexibility index (Phi) is 4.88. The first-order valence-corrected chi connectivity index (χ1v) is 8.14. The van der Waals surface area contributed by atoms with E-state index in [1.165, 1.54) is 23.8 Å². The molecule has 0 aliphatic rings. The van der Waals surface area contributed by atoms with Crippen molar-refractivity contribution in [3.8, 4) is 0 Å². The zero-order valence-electron chi connectivity index (χ0n) is 12.0. The Morgan fingerprint density at radius 3 is 2.84 bits per heavy atom. The Labute approximate surface area is 119 Å². The van der Waals surface area contributed by atoms with Crippen molar-refractivity contribution in [3.05, 3.63) is 30.1 Å². The maximum absolute atomic E-state index is 4.32. The van der Waals surface area contributed by atoms with Gasteiger partial charge in [-0.2, -0.15) is 11.8 Å². The van der Waals surface area contributed by atoms with E-state index in [1.54, 1.807) is 0 Å². The zero-order valence-corrected chi connectivity index (χ0v) is 12.8. The number of rotatable bonds is 7. The molecule has 2 N–H and O–H groups in total. The largest absolute Gasteiger partial charge is 0.346 e. The summed E-state index contributed by atoms with van der Waals surface area (Å²) in [5, 5.41) is 4.83. The molecule has 3 nitrogen and oxygen atoms in total. The van der Waals surface area contributed by atoms with E-state index in [0.29, 0.717) is 4.75 Å². The predicted octanol–water partition coefficient (Wildman–Crippen LogP) is 3.57. The van der Waals surface area contributed by atoms with E-state index in [4.69, 9.17) is 0 Å².